The summed E-state index contributed by atoms with van der Waals surface area (Å²) in [4.78, 5) is 13.3. The maximum Gasteiger partial charge on any atom is 0.239 e. The lowest BCUT2D eigenvalue weighted by molar-refractivity contribution is -0.120. The summed E-state index contributed by atoms with van der Waals surface area (Å²) in [7, 11) is 0. The quantitative estimate of drug-likeness (QED) is 0.890. The Kier molecular flexibility index (Phi) is 3.22. The molecule has 1 amide bonds. The smallest absolute Gasteiger partial charge is 0.239 e. The third-order valence-corrected chi connectivity index (χ3v) is 6.14. The van der Waals surface area contributed by atoms with Gasteiger partial charge in [0.05, 0.1) is 0 Å². The lowest BCUT2D eigenvalue weighted by Gasteiger charge is -2.27. The van der Waals surface area contributed by atoms with Gasteiger partial charge in [-0.3, -0.25) is 4.79 Å². The minimum absolute atomic E-state index is 0.0243. The van der Waals surface area contributed by atoms with Crippen LogP contribution in [0.25, 0.3) is 0 Å². The van der Waals surface area contributed by atoms with E-state index >= 15 is 0 Å². The van der Waals surface area contributed by atoms with Crippen LogP contribution in [0.2, 0.25) is 0 Å². The highest BCUT2D eigenvalue weighted by molar-refractivity contribution is 6.02. The minimum Gasteiger partial charge on any atom is -0.381 e. The number of hydrogen-bond donors (Lipinski definition) is 2. The number of hydrogen-bond acceptors (Lipinski definition) is 5. The molecule has 2 aliphatic carbocycles. The molecule has 1 aromatic carbocycles. The van der Waals surface area contributed by atoms with Gasteiger partial charge in [-0.05, 0) is 61.1 Å². The van der Waals surface area contributed by atoms with E-state index in [1.165, 1.54) is 18.4 Å². The number of ether oxygens (including phenoxy) is 1. The van der Waals surface area contributed by atoms with E-state index in [-0.39, 0.29) is 11.3 Å². The van der Waals surface area contributed by atoms with E-state index in [1.54, 1.807) is 0 Å². The highest BCUT2D eigenvalue weighted by Gasteiger charge is 2.74. The Morgan fingerprint density at radius 2 is 2.12 bits per heavy atom. The molecular formula is C18H21N5O2. The number of tetrazole rings is 1. The van der Waals surface area contributed by atoms with Crippen LogP contribution in [-0.4, -0.2) is 39.7 Å². The fourth-order valence-electron chi connectivity index (χ4n) is 4.44. The highest BCUT2D eigenvalue weighted by Crippen LogP contribution is 2.69. The zero-order valence-corrected chi connectivity index (χ0v) is 14.0. The maximum absolute atomic E-state index is 13.3. The summed E-state index contributed by atoms with van der Waals surface area (Å²) in [6.45, 7) is 1.37. The van der Waals surface area contributed by atoms with E-state index in [9.17, 15) is 4.79 Å². The molecule has 1 spiro atoms. The van der Waals surface area contributed by atoms with Gasteiger partial charge in [-0.1, -0.05) is 17.3 Å². The van der Waals surface area contributed by atoms with Crippen molar-refractivity contribution in [3.63, 3.8) is 0 Å². The summed E-state index contributed by atoms with van der Waals surface area (Å²) in [6.07, 6.45) is 4.96. The molecule has 1 unspecified atom stereocenters. The van der Waals surface area contributed by atoms with Gasteiger partial charge in [0.2, 0.25) is 5.91 Å². The molecule has 130 valence electrons. The van der Waals surface area contributed by atoms with Crippen molar-refractivity contribution in [1.29, 1.82) is 0 Å². The Bertz CT molecular complexity index is 796. The number of H-pyrrole nitrogens is 1. The molecule has 3 aliphatic rings. The molecule has 2 aromatic rings. The molecule has 7 heteroatoms. The number of anilines is 1. The Balaban J connectivity index is 1.44. The lowest BCUT2D eigenvalue weighted by atomic mass is 9.84. The second-order valence-corrected chi connectivity index (χ2v) is 7.56. The van der Waals surface area contributed by atoms with Gasteiger partial charge in [0.1, 0.15) is 5.41 Å². The van der Waals surface area contributed by atoms with Gasteiger partial charge < -0.3 is 10.1 Å². The largest absolute Gasteiger partial charge is 0.381 e. The molecule has 3 fully saturated rings. The number of nitrogens with zero attached hydrogens (tertiary/aromatic N) is 3. The zero-order valence-electron chi connectivity index (χ0n) is 14.0. The minimum atomic E-state index is -0.695. The van der Waals surface area contributed by atoms with Crippen molar-refractivity contribution < 1.29 is 9.53 Å². The van der Waals surface area contributed by atoms with Crippen molar-refractivity contribution in [3.8, 4) is 0 Å². The van der Waals surface area contributed by atoms with Gasteiger partial charge in [-0.15, -0.1) is 10.2 Å². The fraction of sp³-hybridized carbons (Fsp3) is 0.556. The lowest BCUT2D eigenvalue weighted by Crippen LogP contribution is -2.37. The summed E-state index contributed by atoms with van der Waals surface area (Å²) in [5.41, 5.74) is 1.36. The first-order valence-electron chi connectivity index (χ1n) is 8.97. The van der Waals surface area contributed by atoms with E-state index < -0.39 is 5.41 Å². The summed E-state index contributed by atoms with van der Waals surface area (Å²) < 4.78 is 5.51. The number of aromatic nitrogens is 4. The standard InChI is InChI=1S/C18H21N5O2/c24-16(19-14-3-1-2-13(10-14)12-4-5-12)18(15-20-22-23-21-15)11-17(18)6-8-25-9-7-17/h1-3,10,12H,4-9,11H2,(H,19,24)(H,20,21,22,23). The number of carbonyl (C=O) groups excluding carboxylic acids is 1. The number of rotatable bonds is 4. The Morgan fingerprint density at radius 1 is 1.28 bits per heavy atom. The van der Waals surface area contributed by atoms with E-state index in [0.29, 0.717) is 25.0 Å². The summed E-state index contributed by atoms with van der Waals surface area (Å²) in [5.74, 6) is 1.14. The van der Waals surface area contributed by atoms with Gasteiger partial charge in [-0.2, -0.15) is 5.21 Å². The zero-order chi connectivity index (χ0) is 16.9. The van der Waals surface area contributed by atoms with Crippen molar-refractivity contribution in [1.82, 2.24) is 20.6 Å². The third-order valence-electron chi connectivity index (χ3n) is 6.14. The molecule has 5 rings (SSSR count). The molecular weight excluding hydrogens is 318 g/mol. The van der Waals surface area contributed by atoms with Crippen LogP contribution in [0.1, 0.15) is 49.4 Å². The SMILES string of the molecule is O=C(Nc1cccc(C2CC2)c1)C1(c2nn[nH]n2)CC12CCOCC2. The molecule has 2 heterocycles. The van der Waals surface area contributed by atoms with Crippen LogP contribution in [0, 0.1) is 5.41 Å². The third kappa shape index (κ3) is 2.29. The Hall–Kier alpha value is -2.28. The first kappa shape index (κ1) is 15.0. The number of carbonyl (C=O) groups is 1. The fourth-order valence-corrected chi connectivity index (χ4v) is 4.44. The van der Waals surface area contributed by atoms with Crippen LogP contribution in [0.3, 0.4) is 0 Å². The van der Waals surface area contributed by atoms with Crippen molar-refractivity contribution in [3.05, 3.63) is 35.7 Å². The predicted octanol–water partition coefficient (Wildman–Crippen LogP) is 2.15. The summed E-state index contributed by atoms with van der Waals surface area (Å²) in [5, 5.41) is 17.7. The molecule has 1 saturated heterocycles. The number of benzene rings is 1. The van der Waals surface area contributed by atoms with Crippen LogP contribution in [0.4, 0.5) is 5.69 Å². The second-order valence-electron chi connectivity index (χ2n) is 7.56. The van der Waals surface area contributed by atoms with E-state index in [4.69, 9.17) is 4.74 Å². The Labute approximate surface area is 145 Å². The Morgan fingerprint density at radius 3 is 2.84 bits per heavy atom. The van der Waals surface area contributed by atoms with Crippen molar-refractivity contribution in [2.45, 2.75) is 43.4 Å². The van der Waals surface area contributed by atoms with Crippen LogP contribution in [0.5, 0.6) is 0 Å². The van der Waals surface area contributed by atoms with Crippen LogP contribution >= 0.6 is 0 Å². The van der Waals surface area contributed by atoms with Crippen molar-refractivity contribution in [2.75, 3.05) is 18.5 Å². The second kappa shape index (κ2) is 5.36. The van der Waals surface area contributed by atoms with E-state index in [0.717, 1.165) is 24.9 Å². The molecule has 25 heavy (non-hydrogen) atoms. The predicted molar refractivity (Wildman–Crippen MR) is 90.0 cm³/mol. The van der Waals surface area contributed by atoms with Crippen LogP contribution < -0.4 is 5.32 Å². The van der Waals surface area contributed by atoms with Crippen LogP contribution in [0.15, 0.2) is 24.3 Å². The normalized spacial score (nSPS) is 27.2. The van der Waals surface area contributed by atoms with Gasteiger partial charge in [-0.25, -0.2) is 0 Å². The topological polar surface area (TPSA) is 92.8 Å². The average molecular weight is 339 g/mol. The number of nitrogens with one attached hydrogen (secondary N) is 2. The molecule has 0 radical (unpaired) electrons. The van der Waals surface area contributed by atoms with Gasteiger partial charge in [0, 0.05) is 18.9 Å². The maximum atomic E-state index is 13.3. The highest BCUT2D eigenvalue weighted by atomic mass is 16.5. The monoisotopic (exact) mass is 339 g/mol. The molecule has 1 aromatic heterocycles. The van der Waals surface area contributed by atoms with Crippen molar-refractivity contribution >= 4 is 11.6 Å². The molecule has 7 nitrogen and oxygen atoms in total. The van der Waals surface area contributed by atoms with Gasteiger partial charge >= 0.3 is 0 Å². The van der Waals surface area contributed by atoms with Gasteiger partial charge in [0.25, 0.3) is 0 Å². The molecule has 2 N–H and O–H groups in total. The summed E-state index contributed by atoms with van der Waals surface area (Å²) >= 11 is 0. The van der Waals surface area contributed by atoms with Crippen molar-refractivity contribution in [2.24, 2.45) is 5.41 Å². The number of aromatic amines is 1. The average Bonchev–Trinajstić information content (AvgIpc) is 3.52. The first-order chi connectivity index (χ1) is 12.2. The van der Waals surface area contributed by atoms with Gasteiger partial charge in [0.15, 0.2) is 5.82 Å². The molecule has 1 atom stereocenters. The molecule has 0 bridgehead atoms. The van der Waals surface area contributed by atoms with E-state index in [2.05, 4.69) is 38.1 Å². The first-order valence-corrected chi connectivity index (χ1v) is 8.97. The number of amides is 1. The molecule has 2 saturated carbocycles. The van der Waals surface area contributed by atoms with Crippen LogP contribution in [-0.2, 0) is 14.9 Å². The van der Waals surface area contributed by atoms with E-state index in [1.807, 2.05) is 12.1 Å². The summed E-state index contributed by atoms with van der Waals surface area (Å²) in [6, 6.07) is 8.20. The molecule has 1 aliphatic heterocycles.